The summed E-state index contributed by atoms with van der Waals surface area (Å²) in [5.74, 6) is 0.836. The summed E-state index contributed by atoms with van der Waals surface area (Å²) in [5.41, 5.74) is 1.73. The summed E-state index contributed by atoms with van der Waals surface area (Å²) in [5, 5.41) is 10.2. The maximum Gasteiger partial charge on any atom is 0.309 e. The van der Waals surface area contributed by atoms with Crippen LogP contribution in [0.4, 0.5) is 0 Å². The largest absolute Gasteiger partial charge is 0.469 e. The first kappa shape index (κ1) is 15.0. The molecule has 1 heterocycles. The molecule has 0 saturated carbocycles. The molecule has 0 unspecified atom stereocenters. The fourth-order valence-corrected chi connectivity index (χ4v) is 2.31. The maximum absolute atomic E-state index is 11.3. The van der Waals surface area contributed by atoms with Crippen molar-refractivity contribution in [3.63, 3.8) is 0 Å². The summed E-state index contributed by atoms with van der Waals surface area (Å²) in [7, 11) is 1.38. The van der Waals surface area contributed by atoms with E-state index in [9.17, 15) is 4.79 Å². The van der Waals surface area contributed by atoms with Crippen molar-refractivity contribution >= 4 is 16.7 Å². The number of hydrogen-bond donors (Lipinski definition) is 0. The molecule has 5 heteroatoms. The van der Waals surface area contributed by atoms with Crippen molar-refractivity contribution in [1.82, 2.24) is 10.2 Å². The van der Waals surface area contributed by atoms with Gasteiger partial charge < -0.3 is 9.47 Å². The van der Waals surface area contributed by atoms with Crippen molar-refractivity contribution in [1.29, 1.82) is 0 Å². The first-order chi connectivity index (χ1) is 11.2. The lowest BCUT2D eigenvalue weighted by Gasteiger charge is -2.09. The predicted molar refractivity (Wildman–Crippen MR) is 86.5 cm³/mol. The van der Waals surface area contributed by atoms with Gasteiger partial charge in [0.05, 0.1) is 19.2 Å². The van der Waals surface area contributed by atoms with Crippen LogP contribution in [0.3, 0.4) is 0 Å². The quantitative estimate of drug-likeness (QED) is 0.691. The van der Waals surface area contributed by atoms with Crippen LogP contribution in [0.2, 0.25) is 0 Å². The average Bonchev–Trinajstić information content (AvgIpc) is 2.59. The molecule has 0 aliphatic carbocycles. The molecule has 0 spiro atoms. The molecule has 116 valence electrons. The van der Waals surface area contributed by atoms with Crippen LogP contribution in [-0.2, 0) is 16.0 Å². The van der Waals surface area contributed by atoms with Crippen molar-refractivity contribution in [2.75, 3.05) is 7.11 Å². The zero-order valence-corrected chi connectivity index (χ0v) is 12.9. The Hall–Kier alpha value is -2.95. The SMILES string of the molecule is COC(=O)Cc1ccc(Oc2nnc(C)c3ccccc23)cc1. The van der Waals surface area contributed by atoms with Crippen LogP contribution in [0.1, 0.15) is 11.3 Å². The van der Waals surface area contributed by atoms with Crippen LogP contribution in [0.15, 0.2) is 48.5 Å². The van der Waals surface area contributed by atoms with E-state index in [1.165, 1.54) is 7.11 Å². The Morgan fingerprint density at radius 2 is 1.70 bits per heavy atom. The normalized spacial score (nSPS) is 10.5. The Kier molecular flexibility index (Phi) is 4.19. The first-order valence-electron chi connectivity index (χ1n) is 7.23. The third-order valence-electron chi connectivity index (χ3n) is 3.55. The summed E-state index contributed by atoms with van der Waals surface area (Å²) >= 11 is 0. The third kappa shape index (κ3) is 3.29. The summed E-state index contributed by atoms with van der Waals surface area (Å²) < 4.78 is 10.5. The Bertz CT molecular complexity index is 845. The minimum Gasteiger partial charge on any atom is -0.469 e. The van der Waals surface area contributed by atoms with Gasteiger partial charge >= 0.3 is 5.97 Å². The fraction of sp³-hybridized carbons (Fsp3) is 0.167. The highest BCUT2D eigenvalue weighted by Gasteiger charge is 2.09. The van der Waals surface area contributed by atoms with Gasteiger partial charge in [-0.25, -0.2) is 0 Å². The predicted octanol–water partition coefficient (Wildman–Crippen LogP) is 3.45. The molecule has 23 heavy (non-hydrogen) atoms. The Labute approximate surface area is 133 Å². The average molecular weight is 308 g/mol. The monoisotopic (exact) mass is 308 g/mol. The van der Waals surface area contributed by atoms with E-state index in [2.05, 4.69) is 14.9 Å². The third-order valence-corrected chi connectivity index (χ3v) is 3.55. The number of methoxy groups -OCH3 is 1. The first-order valence-corrected chi connectivity index (χ1v) is 7.23. The van der Waals surface area contributed by atoms with Crippen LogP contribution in [-0.4, -0.2) is 23.3 Å². The van der Waals surface area contributed by atoms with Crippen LogP contribution < -0.4 is 4.74 Å². The summed E-state index contributed by atoms with van der Waals surface area (Å²) in [4.78, 5) is 11.3. The molecule has 0 N–H and O–H groups in total. The maximum atomic E-state index is 11.3. The summed E-state index contributed by atoms with van der Waals surface area (Å²) in [6.07, 6.45) is 0.240. The lowest BCUT2D eigenvalue weighted by molar-refractivity contribution is -0.139. The van der Waals surface area contributed by atoms with Crippen molar-refractivity contribution in [2.45, 2.75) is 13.3 Å². The minimum atomic E-state index is -0.269. The van der Waals surface area contributed by atoms with Crippen molar-refractivity contribution < 1.29 is 14.3 Å². The number of rotatable bonds is 4. The summed E-state index contributed by atoms with van der Waals surface area (Å²) in [6.45, 7) is 1.92. The number of aryl methyl sites for hydroxylation is 1. The second-order valence-corrected chi connectivity index (χ2v) is 5.14. The molecule has 2 aromatic carbocycles. The molecule has 5 nitrogen and oxygen atoms in total. The lowest BCUT2D eigenvalue weighted by atomic mass is 10.1. The van der Waals surface area contributed by atoms with E-state index in [1.807, 2.05) is 43.3 Å². The highest BCUT2D eigenvalue weighted by Crippen LogP contribution is 2.28. The van der Waals surface area contributed by atoms with E-state index in [0.717, 1.165) is 22.0 Å². The van der Waals surface area contributed by atoms with Crippen molar-refractivity contribution in [2.24, 2.45) is 0 Å². The number of hydrogen-bond acceptors (Lipinski definition) is 5. The highest BCUT2D eigenvalue weighted by molar-refractivity contribution is 5.88. The Morgan fingerprint density at radius 3 is 2.39 bits per heavy atom. The van der Waals surface area contributed by atoms with E-state index in [0.29, 0.717) is 11.6 Å². The van der Waals surface area contributed by atoms with Gasteiger partial charge in [-0.15, -0.1) is 5.10 Å². The molecule has 3 aromatic rings. The van der Waals surface area contributed by atoms with Crippen molar-refractivity contribution in [3.8, 4) is 11.6 Å². The van der Waals surface area contributed by atoms with Crippen LogP contribution in [0, 0.1) is 6.92 Å². The molecular formula is C18H16N2O3. The van der Waals surface area contributed by atoms with Gasteiger partial charge in [-0.05, 0) is 30.7 Å². The molecule has 0 amide bonds. The lowest BCUT2D eigenvalue weighted by Crippen LogP contribution is -2.04. The molecule has 0 bridgehead atoms. The van der Waals surface area contributed by atoms with E-state index < -0.39 is 0 Å². The van der Waals surface area contributed by atoms with Gasteiger partial charge in [0.2, 0.25) is 5.88 Å². The molecule has 0 saturated heterocycles. The van der Waals surface area contributed by atoms with E-state index in [1.54, 1.807) is 12.1 Å². The second kappa shape index (κ2) is 6.44. The minimum absolute atomic E-state index is 0.240. The van der Waals surface area contributed by atoms with Crippen LogP contribution in [0.5, 0.6) is 11.6 Å². The van der Waals surface area contributed by atoms with E-state index >= 15 is 0 Å². The topological polar surface area (TPSA) is 61.3 Å². The molecule has 0 aliphatic heterocycles. The smallest absolute Gasteiger partial charge is 0.309 e. The van der Waals surface area contributed by atoms with Crippen LogP contribution in [0.25, 0.3) is 10.8 Å². The molecule has 0 atom stereocenters. The van der Waals surface area contributed by atoms with Crippen molar-refractivity contribution in [3.05, 3.63) is 59.8 Å². The van der Waals surface area contributed by atoms with Gasteiger partial charge in [-0.2, -0.15) is 5.10 Å². The number of benzene rings is 2. The molecule has 0 fully saturated rings. The molecule has 0 aliphatic rings. The molecule has 3 rings (SSSR count). The highest BCUT2D eigenvalue weighted by atomic mass is 16.5. The number of carbonyl (C=O) groups excluding carboxylic acids is 1. The molecule has 0 radical (unpaired) electrons. The number of ether oxygens (including phenoxy) is 2. The van der Waals surface area contributed by atoms with Gasteiger partial charge in [-0.1, -0.05) is 30.3 Å². The Morgan fingerprint density at radius 1 is 1.00 bits per heavy atom. The zero-order valence-electron chi connectivity index (χ0n) is 12.9. The van der Waals surface area contributed by atoms with E-state index in [-0.39, 0.29) is 12.4 Å². The van der Waals surface area contributed by atoms with Gasteiger partial charge in [0.1, 0.15) is 5.75 Å². The zero-order chi connectivity index (χ0) is 16.2. The number of fused-ring (bicyclic) bond motifs is 1. The van der Waals surface area contributed by atoms with Gasteiger partial charge in [-0.3, -0.25) is 4.79 Å². The fourth-order valence-electron chi connectivity index (χ4n) is 2.31. The second-order valence-electron chi connectivity index (χ2n) is 5.14. The standard InChI is InChI=1S/C18H16N2O3/c1-12-15-5-3-4-6-16(15)18(20-19-12)23-14-9-7-13(8-10-14)11-17(21)22-2/h3-10H,11H2,1-2H3. The Balaban J connectivity index is 1.85. The van der Waals surface area contributed by atoms with Gasteiger partial charge in [0, 0.05) is 10.8 Å². The number of carbonyl (C=O) groups is 1. The van der Waals surface area contributed by atoms with Gasteiger partial charge in [0.15, 0.2) is 0 Å². The number of nitrogens with zero attached hydrogens (tertiary/aromatic N) is 2. The van der Waals surface area contributed by atoms with Gasteiger partial charge in [0.25, 0.3) is 0 Å². The molecule has 1 aromatic heterocycles. The van der Waals surface area contributed by atoms with Crippen LogP contribution >= 0.6 is 0 Å². The number of aromatic nitrogens is 2. The van der Waals surface area contributed by atoms with E-state index in [4.69, 9.17) is 4.74 Å². The number of esters is 1. The molecular weight excluding hydrogens is 292 g/mol. The summed E-state index contributed by atoms with van der Waals surface area (Å²) in [6, 6.07) is 15.1.